The van der Waals surface area contributed by atoms with Crippen LogP contribution in [0.25, 0.3) is 0 Å². The Morgan fingerprint density at radius 3 is 2.47 bits per heavy atom. The molecule has 6 nitrogen and oxygen atoms in total. The van der Waals surface area contributed by atoms with E-state index >= 15 is 0 Å². The molecule has 104 valence electrons. The van der Waals surface area contributed by atoms with Crippen LogP contribution in [0.15, 0.2) is 23.1 Å². The third kappa shape index (κ3) is 3.24. The van der Waals surface area contributed by atoms with E-state index in [-0.39, 0.29) is 22.3 Å². The van der Waals surface area contributed by atoms with Gasteiger partial charge in [0.2, 0.25) is 10.0 Å². The number of benzene rings is 1. The Labute approximate surface area is 111 Å². The molecule has 1 aromatic rings. The highest BCUT2D eigenvalue weighted by Gasteiger charge is 2.21. The molecular weight excluding hydrogens is 270 g/mol. The zero-order valence-corrected chi connectivity index (χ0v) is 11.0. The van der Waals surface area contributed by atoms with Crippen molar-refractivity contribution in [2.75, 3.05) is 0 Å². The number of carbonyl (C=O) groups is 1. The molecule has 0 amide bonds. The van der Waals surface area contributed by atoms with Crippen LogP contribution in [-0.2, 0) is 10.0 Å². The lowest BCUT2D eigenvalue weighted by atomic mass is 10.2. The molecule has 1 aliphatic rings. The summed E-state index contributed by atoms with van der Waals surface area (Å²) in [6.45, 7) is 0. The number of ether oxygens (including phenoxy) is 1. The van der Waals surface area contributed by atoms with E-state index in [0.717, 1.165) is 31.7 Å². The van der Waals surface area contributed by atoms with E-state index in [1.807, 2.05) is 0 Å². The summed E-state index contributed by atoms with van der Waals surface area (Å²) in [7, 11) is -3.92. The number of hydrogen-bond acceptors (Lipinski definition) is 4. The average Bonchev–Trinajstić information content (AvgIpc) is 2.80. The van der Waals surface area contributed by atoms with Crippen LogP contribution >= 0.6 is 0 Å². The molecule has 0 radical (unpaired) electrons. The Morgan fingerprint density at radius 1 is 1.32 bits per heavy atom. The van der Waals surface area contributed by atoms with Crippen LogP contribution in [-0.4, -0.2) is 25.6 Å². The summed E-state index contributed by atoms with van der Waals surface area (Å²) in [5.41, 5.74) is -0.182. The number of carboxylic acids is 1. The molecule has 1 saturated carbocycles. The molecule has 1 aromatic carbocycles. The zero-order chi connectivity index (χ0) is 14.0. The Bertz CT molecular complexity index is 590. The first-order valence-corrected chi connectivity index (χ1v) is 7.49. The van der Waals surface area contributed by atoms with Gasteiger partial charge in [-0.2, -0.15) is 0 Å². The summed E-state index contributed by atoms with van der Waals surface area (Å²) in [6, 6.07) is 3.63. The minimum absolute atomic E-state index is 0.00145. The Kier molecular flexibility index (Phi) is 3.77. The maximum atomic E-state index is 11.2. The van der Waals surface area contributed by atoms with E-state index in [0.29, 0.717) is 0 Å². The fourth-order valence-electron chi connectivity index (χ4n) is 2.14. The van der Waals surface area contributed by atoms with Crippen LogP contribution in [0.5, 0.6) is 5.75 Å². The summed E-state index contributed by atoms with van der Waals surface area (Å²) < 4.78 is 28.0. The maximum Gasteiger partial charge on any atom is 0.339 e. The second kappa shape index (κ2) is 5.18. The minimum Gasteiger partial charge on any atom is -0.490 e. The second-order valence-electron chi connectivity index (χ2n) is 4.53. The van der Waals surface area contributed by atoms with Crippen molar-refractivity contribution in [3.8, 4) is 5.75 Å². The zero-order valence-electron chi connectivity index (χ0n) is 10.2. The van der Waals surface area contributed by atoms with E-state index in [1.54, 1.807) is 0 Å². The highest BCUT2D eigenvalue weighted by atomic mass is 32.2. The first kappa shape index (κ1) is 13.8. The van der Waals surface area contributed by atoms with Gasteiger partial charge in [0.05, 0.1) is 11.0 Å². The summed E-state index contributed by atoms with van der Waals surface area (Å²) in [4.78, 5) is 10.9. The molecule has 2 rings (SSSR count). The summed E-state index contributed by atoms with van der Waals surface area (Å²) in [5.74, 6) is -1.05. The molecule has 0 bridgehead atoms. The standard InChI is InChI=1S/C12H15NO5S/c13-19(16,17)9-5-6-11(10(7-9)12(14)15)18-8-3-1-2-4-8/h5-8H,1-4H2,(H,14,15)(H2,13,16,17). The van der Waals surface area contributed by atoms with Gasteiger partial charge in [-0.15, -0.1) is 0 Å². The molecule has 19 heavy (non-hydrogen) atoms. The summed E-state index contributed by atoms with van der Waals surface area (Å²) >= 11 is 0. The lowest BCUT2D eigenvalue weighted by Crippen LogP contribution is -2.16. The molecule has 0 heterocycles. The molecule has 0 atom stereocenters. The quantitative estimate of drug-likeness (QED) is 0.868. The van der Waals surface area contributed by atoms with Gasteiger partial charge in [-0.25, -0.2) is 18.4 Å². The number of carboxylic acid groups (broad SMARTS) is 1. The maximum absolute atomic E-state index is 11.2. The molecule has 0 saturated heterocycles. The van der Waals surface area contributed by atoms with E-state index in [4.69, 9.17) is 15.0 Å². The van der Waals surface area contributed by atoms with Gasteiger partial charge >= 0.3 is 5.97 Å². The first-order chi connectivity index (χ1) is 8.88. The van der Waals surface area contributed by atoms with E-state index in [2.05, 4.69) is 0 Å². The minimum atomic E-state index is -3.92. The largest absolute Gasteiger partial charge is 0.490 e. The van der Waals surface area contributed by atoms with Gasteiger partial charge in [0, 0.05) is 0 Å². The lowest BCUT2D eigenvalue weighted by molar-refractivity contribution is 0.0689. The van der Waals surface area contributed by atoms with Gasteiger partial charge in [-0.1, -0.05) is 0 Å². The number of sulfonamides is 1. The van der Waals surface area contributed by atoms with Crippen molar-refractivity contribution in [3.63, 3.8) is 0 Å². The molecule has 3 N–H and O–H groups in total. The molecule has 1 fully saturated rings. The number of aromatic carboxylic acids is 1. The van der Waals surface area contributed by atoms with Crippen LogP contribution in [0.2, 0.25) is 0 Å². The third-order valence-electron chi connectivity index (χ3n) is 3.11. The van der Waals surface area contributed by atoms with Crippen LogP contribution in [0.3, 0.4) is 0 Å². The highest BCUT2D eigenvalue weighted by molar-refractivity contribution is 7.89. The van der Waals surface area contributed by atoms with Crippen LogP contribution in [0, 0.1) is 0 Å². The van der Waals surface area contributed by atoms with E-state index in [1.165, 1.54) is 12.1 Å². The van der Waals surface area contributed by atoms with Gasteiger partial charge in [-0.3, -0.25) is 0 Å². The second-order valence-corrected chi connectivity index (χ2v) is 6.09. The fourth-order valence-corrected chi connectivity index (χ4v) is 2.68. The Balaban J connectivity index is 2.35. The van der Waals surface area contributed by atoms with Crippen LogP contribution < -0.4 is 9.88 Å². The monoisotopic (exact) mass is 285 g/mol. The third-order valence-corrected chi connectivity index (χ3v) is 4.02. The predicted octanol–water partition coefficient (Wildman–Crippen LogP) is 1.35. The average molecular weight is 285 g/mol. The van der Waals surface area contributed by atoms with Crippen molar-refractivity contribution in [1.29, 1.82) is 0 Å². The molecule has 0 aromatic heterocycles. The van der Waals surface area contributed by atoms with Gasteiger partial charge < -0.3 is 9.84 Å². The van der Waals surface area contributed by atoms with Crippen molar-refractivity contribution in [1.82, 2.24) is 0 Å². The summed E-state index contributed by atoms with van der Waals surface area (Å²) in [6.07, 6.45) is 3.88. The van der Waals surface area contributed by atoms with Crippen LogP contribution in [0.4, 0.5) is 0 Å². The fraction of sp³-hybridized carbons (Fsp3) is 0.417. The molecule has 7 heteroatoms. The van der Waals surface area contributed by atoms with Crippen molar-refractivity contribution in [3.05, 3.63) is 23.8 Å². The van der Waals surface area contributed by atoms with Crippen molar-refractivity contribution in [2.45, 2.75) is 36.7 Å². The van der Waals surface area contributed by atoms with Gasteiger partial charge in [0.25, 0.3) is 0 Å². The van der Waals surface area contributed by atoms with E-state index < -0.39 is 16.0 Å². The first-order valence-electron chi connectivity index (χ1n) is 5.95. The number of rotatable bonds is 4. The molecule has 0 spiro atoms. The molecule has 0 unspecified atom stereocenters. The Hall–Kier alpha value is -1.60. The number of primary sulfonamides is 1. The van der Waals surface area contributed by atoms with Gasteiger partial charge in [-0.05, 0) is 43.9 Å². The molecule has 0 aliphatic heterocycles. The number of hydrogen-bond donors (Lipinski definition) is 2. The highest BCUT2D eigenvalue weighted by Crippen LogP contribution is 2.28. The van der Waals surface area contributed by atoms with Gasteiger partial charge in [0.15, 0.2) is 0 Å². The van der Waals surface area contributed by atoms with Crippen LogP contribution in [0.1, 0.15) is 36.0 Å². The van der Waals surface area contributed by atoms with Crippen molar-refractivity contribution >= 4 is 16.0 Å². The number of nitrogens with two attached hydrogens (primary N) is 1. The van der Waals surface area contributed by atoms with E-state index in [9.17, 15) is 13.2 Å². The molecular formula is C12H15NO5S. The SMILES string of the molecule is NS(=O)(=O)c1ccc(OC2CCCC2)c(C(=O)O)c1. The van der Waals surface area contributed by atoms with Crippen molar-refractivity contribution in [2.24, 2.45) is 5.14 Å². The summed E-state index contributed by atoms with van der Waals surface area (Å²) in [5, 5.41) is 14.1. The predicted molar refractivity (Wildman–Crippen MR) is 67.7 cm³/mol. The molecule has 1 aliphatic carbocycles. The van der Waals surface area contributed by atoms with Gasteiger partial charge in [0.1, 0.15) is 11.3 Å². The normalized spacial score (nSPS) is 16.5. The van der Waals surface area contributed by atoms with Crippen molar-refractivity contribution < 1.29 is 23.1 Å². The smallest absolute Gasteiger partial charge is 0.339 e. The lowest BCUT2D eigenvalue weighted by Gasteiger charge is -2.15. The Morgan fingerprint density at radius 2 is 1.95 bits per heavy atom. The topological polar surface area (TPSA) is 107 Å².